The molecule has 3 nitrogen and oxygen atoms in total. The molecule has 0 aromatic rings. The fourth-order valence-electron chi connectivity index (χ4n) is 8.06. The number of allylic oxidation sites excluding steroid dienone is 2. The van der Waals surface area contributed by atoms with Crippen LogP contribution in [0.3, 0.4) is 0 Å². The van der Waals surface area contributed by atoms with Crippen LogP contribution in [0.5, 0.6) is 0 Å². The first-order valence-corrected chi connectivity index (χ1v) is 11.1. The lowest BCUT2D eigenvalue weighted by molar-refractivity contribution is -0.190. The number of hydrogen-bond acceptors (Lipinski definition) is 2. The molecule has 1 N–H and O–H groups in total. The summed E-state index contributed by atoms with van der Waals surface area (Å²) < 4.78 is 6.18. The predicted octanol–water partition coefficient (Wildman–Crippen LogP) is 5.22. The first-order valence-electron chi connectivity index (χ1n) is 11.1. The second kappa shape index (κ2) is 5.95. The van der Waals surface area contributed by atoms with Crippen LogP contribution < -0.4 is 0 Å². The van der Waals surface area contributed by atoms with Crippen molar-refractivity contribution in [3.05, 3.63) is 23.8 Å². The Balaban J connectivity index is 1.41. The molecule has 3 fully saturated rings. The number of aliphatic carboxylic acids is 1. The third-order valence-corrected chi connectivity index (χ3v) is 9.62. The third-order valence-electron chi connectivity index (χ3n) is 9.62. The number of rotatable bonds is 4. The minimum absolute atomic E-state index is 0.211. The molecule has 0 spiro atoms. The molecule has 3 heteroatoms. The van der Waals surface area contributed by atoms with Gasteiger partial charge in [0.05, 0.1) is 12.2 Å². The van der Waals surface area contributed by atoms with Gasteiger partial charge < -0.3 is 9.84 Å². The zero-order valence-corrected chi connectivity index (χ0v) is 17.0. The lowest BCUT2D eigenvalue weighted by atomic mass is 9.47. The van der Waals surface area contributed by atoms with E-state index in [1.54, 1.807) is 5.57 Å². The number of ether oxygens (including phenoxy) is 1. The van der Waals surface area contributed by atoms with Gasteiger partial charge in [0.15, 0.2) is 0 Å². The minimum Gasteiger partial charge on any atom is -0.481 e. The average Bonchev–Trinajstić information content (AvgIpc) is 2.95. The Morgan fingerprint density at radius 1 is 1.30 bits per heavy atom. The molecule has 9 atom stereocenters. The van der Waals surface area contributed by atoms with Gasteiger partial charge in [-0.25, -0.2) is 0 Å². The third kappa shape index (κ3) is 2.39. The number of carboxylic acid groups (broad SMARTS) is 1. The smallest absolute Gasteiger partial charge is 0.303 e. The van der Waals surface area contributed by atoms with E-state index in [0.717, 1.165) is 12.3 Å². The molecule has 2 heterocycles. The maximum absolute atomic E-state index is 11.0. The van der Waals surface area contributed by atoms with E-state index in [-0.39, 0.29) is 5.41 Å². The van der Waals surface area contributed by atoms with E-state index in [1.807, 2.05) is 0 Å². The summed E-state index contributed by atoms with van der Waals surface area (Å²) in [4.78, 5) is 11.0. The number of carbonyl (C=O) groups is 1. The first-order chi connectivity index (χ1) is 12.8. The van der Waals surface area contributed by atoms with Crippen LogP contribution in [0.1, 0.15) is 65.7 Å². The van der Waals surface area contributed by atoms with Crippen LogP contribution in [0, 0.1) is 40.4 Å². The van der Waals surface area contributed by atoms with Crippen molar-refractivity contribution in [1.82, 2.24) is 0 Å². The Bertz CT molecular complexity index is 702. The fraction of sp³-hybridized carbons (Fsp3) is 0.792. The van der Waals surface area contributed by atoms with Crippen LogP contribution in [0.25, 0.3) is 0 Å². The largest absolute Gasteiger partial charge is 0.481 e. The van der Waals surface area contributed by atoms with Gasteiger partial charge in [0.2, 0.25) is 0 Å². The standard InChI is InChI=1S/C24H34O3/c1-14(4-9-22(25)26)18-7-8-19-17-6-5-15-12-16-13-21(27-16)24(15,3)20(17)10-11-23(18,19)2/h5-6,12,14,16-21H,4,7-11,13H2,1-3H3,(H,25,26)/t14-,16?,17+,18-,19+,20+,21?,23-,24+/m1/s1. The maximum Gasteiger partial charge on any atom is 0.303 e. The van der Waals surface area contributed by atoms with Gasteiger partial charge in [-0.05, 0) is 72.7 Å². The molecule has 6 aliphatic rings. The van der Waals surface area contributed by atoms with Crippen molar-refractivity contribution in [3.8, 4) is 0 Å². The Morgan fingerprint density at radius 2 is 2.07 bits per heavy atom. The highest BCUT2D eigenvalue weighted by molar-refractivity contribution is 5.66. The molecule has 0 aromatic carbocycles. The van der Waals surface area contributed by atoms with Gasteiger partial charge in [0, 0.05) is 18.3 Å². The second-order valence-electron chi connectivity index (χ2n) is 10.6. The van der Waals surface area contributed by atoms with Gasteiger partial charge >= 0.3 is 5.97 Å². The van der Waals surface area contributed by atoms with Crippen molar-refractivity contribution >= 4 is 5.97 Å². The highest BCUT2D eigenvalue weighted by Gasteiger charge is 2.62. The SMILES string of the molecule is C[C@H](CCC(=O)O)[C@H]1CC[C@H]2[C@@H]3C=CC4=CC5CC(O5)[C@]4(C)[C@H]3CC[C@]12C. The van der Waals surface area contributed by atoms with E-state index in [9.17, 15) is 4.79 Å². The van der Waals surface area contributed by atoms with Crippen LogP contribution in [0.4, 0.5) is 0 Å². The molecule has 2 unspecified atom stereocenters. The van der Waals surface area contributed by atoms with Gasteiger partial charge in [-0.2, -0.15) is 0 Å². The molecule has 6 rings (SSSR count). The summed E-state index contributed by atoms with van der Waals surface area (Å²) in [6.45, 7) is 7.31. The van der Waals surface area contributed by atoms with Crippen molar-refractivity contribution in [2.75, 3.05) is 0 Å². The van der Waals surface area contributed by atoms with Crippen LogP contribution in [0.15, 0.2) is 23.8 Å². The lowest BCUT2D eigenvalue weighted by Crippen LogP contribution is -2.60. The quantitative estimate of drug-likeness (QED) is 0.738. The van der Waals surface area contributed by atoms with Crippen molar-refractivity contribution in [3.63, 3.8) is 0 Å². The summed E-state index contributed by atoms with van der Waals surface area (Å²) in [7, 11) is 0. The molecule has 0 aromatic heterocycles. The maximum atomic E-state index is 11.0. The fourth-order valence-corrected chi connectivity index (χ4v) is 8.06. The monoisotopic (exact) mass is 370 g/mol. The summed E-state index contributed by atoms with van der Waals surface area (Å²) in [5.74, 6) is 2.67. The second-order valence-corrected chi connectivity index (χ2v) is 10.6. The molecule has 2 saturated carbocycles. The first kappa shape index (κ1) is 18.0. The summed E-state index contributed by atoms with van der Waals surface area (Å²) in [5.41, 5.74) is 2.13. The normalized spacial score (nSPS) is 50.7. The van der Waals surface area contributed by atoms with E-state index in [4.69, 9.17) is 9.84 Å². The molecule has 2 aliphatic heterocycles. The van der Waals surface area contributed by atoms with Crippen LogP contribution in [-0.4, -0.2) is 23.3 Å². The van der Waals surface area contributed by atoms with Gasteiger partial charge in [-0.3, -0.25) is 4.79 Å². The van der Waals surface area contributed by atoms with E-state index < -0.39 is 5.97 Å². The molecule has 1 saturated heterocycles. The molecular weight excluding hydrogens is 336 g/mol. The Hall–Kier alpha value is -1.09. The number of carboxylic acids is 1. The molecule has 2 bridgehead atoms. The van der Waals surface area contributed by atoms with E-state index in [1.165, 1.54) is 32.1 Å². The van der Waals surface area contributed by atoms with E-state index >= 15 is 0 Å². The summed E-state index contributed by atoms with van der Waals surface area (Å²) >= 11 is 0. The van der Waals surface area contributed by atoms with Gasteiger partial charge in [-0.1, -0.05) is 39.0 Å². The molecule has 0 radical (unpaired) electrons. The van der Waals surface area contributed by atoms with Crippen LogP contribution in [-0.2, 0) is 9.53 Å². The van der Waals surface area contributed by atoms with Crippen molar-refractivity contribution in [1.29, 1.82) is 0 Å². The highest BCUT2D eigenvalue weighted by Crippen LogP contribution is 2.67. The molecular formula is C24H34O3. The zero-order valence-electron chi connectivity index (χ0n) is 17.0. The Morgan fingerprint density at radius 3 is 2.81 bits per heavy atom. The molecule has 27 heavy (non-hydrogen) atoms. The predicted molar refractivity (Wildman–Crippen MR) is 105 cm³/mol. The summed E-state index contributed by atoms with van der Waals surface area (Å²) in [6, 6.07) is 0. The van der Waals surface area contributed by atoms with E-state index in [2.05, 4.69) is 39.0 Å². The molecule has 0 amide bonds. The van der Waals surface area contributed by atoms with Crippen LogP contribution in [0.2, 0.25) is 0 Å². The topological polar surface area (TPSA) is 46.5 Å². The number of hydrogen-bond donors (Lipinski definition) is 1. The Labute approximate surface area is 163 Å². The van der Waals surface area contributed by atoms with Crippen molar-refractivity contribution in [2.24, 2.45) is 40.4 Å². The molecule has 148 valence electrons. The number of fused-ring (bicyclic) bond motifs is 3. The van der Waals surface area contributed by atoms with Crippen molar-refractivity contribution < 1.29 is 14.6 Å². The zero-order chi connectivity index (χ0) is 19.0. The summed E-state index contributed by atoms with van der Waals surface area (Å²) in [6.07, 6.45) is 15.7. The van der Waals surface area contributed by atoms with Gasteiger partial charge in [0.1, 0.15) is 0 Å². The van der Waals surface area contributed by atoms with Crippen molar-refractivity contribution in [2.45, 2.75) is 77.9 Å². The average molecular weight is 371 g/mol. The highest BCUT2D eigenvalue weighted by atomic mass is 16.5. The lowest BCUT2D eigenvalue weighted by Gasteiger charge is -2.62. The van der Waals surface area contributed by atoms with Gasteiger partial charge in [-0.15, -0.1) is 0 Å². The van der Waals surface area contributed by atoms with Gasteiger partial charge in [0.25, 0.3) is 0 Å². The summed E-state index contributed by atoms with van der Waals surface area (Å²) in [5, 5.41) is 9.10. The van der Waals surface area contributed by atoms with Crippen LogP contribution >= 0.6 is 0 Å². The molecule has 4 aliphatic carbocycles. The minimum atomic E-state index is -0.649. The van der Waals surface area contributed by atoms with E-state index in [0.29, 0.717) is 47.7 Å². The Kier molecular flexibility index (Phi) is 3.96.